The topological polar surface area (TPSA) is 94.6 Å². The Bertz CT molecular complexity index is 1150. The highest BCUT2D eigenvalue weighted by Gasteiger charge is 2.25. The smallest absolute Gasteiger partial charge is 0.342 e. The molecule has 0 bridgehead atoms. The number of benzene rings is 1. The summed E-state index contributed by atoms with van der Waals surface area (Å²) in [5.74, 6) is -1.18. The molecule has 9 heteroatoms. The molecule has 0 fully saturated rings. The van der Waals surface area contributed by atoms with Gasteiger partial charge in [-0.05, 0) is 38.5 Å². The molecule has 3 rings (SSSR count). The molecule has 2 heterocycles. The quantitative estimate of drug-likeness (QED) is 0.575. The molecule has 0 N–H and O–H groups in total. The van der Waals surface area contributed by atoms with Gasteiger partial charge >= 0.3 is 5.97 Å². The number of rotatable bonds is 6. The molecular weight excluding hydrogens is 393 g/mol. The van der Waals surface area contributed by atoms with Crippen LogP contribution in [0.15, 0.2) is 39.8 Å². The average molecular weight is 415 g/mol. The van der Waals surface area contributed by atoms with E-state index in [1.165, 1.54) is 23.4 Å². The SMILES string of the molecule is CCOC(=O)c1c(C)oc2ncn(CC(=O)N(C)[C@H](C)c3ccc(F)cc3)c(=O)c12. The lowest BCUT2D eigenvalue weighted by molar-refractivity contribution is -0.132. The molecule has 0 saturated carbocycles. The van der Waals surface area contributed by atoms with Crippen LogP contribution in [0, 0.1) is 12.7 Å². The Morgan fingerprint density at radius 1 is 1.30 bits per heavy atom. The largest absolute Gasteiger partial charge is 0.462 e. The highest BCUT2D eigenvalue weighted by Crippen LogP contribution is 2.22. The van der Waals surface area contributed by atoms with Gasteiger partial charge in [-0.1, -0.05) is 12.1 Å². The fourth-order valence-corrected chi connectivity index (χ4v) is 3.14. The molecular formula is C21H22FN3O5. The molecule has 0 spiro atoms. The number of furan rings is 1. The standard InChI is InChI=1S/C21H22FN3O5/c1-5-29-21(28)17-13(3)30-19-18(17)20(27)25(11-23-19)10-16(26)24(4)12(2)14-6-8-15(22)9-7-14/h6-9,11-12H,5,10H2,1-4H3/t12-/m1/s1. The third-order valence-electron chi connectivity index (χ3n) is 4.97. The molecule has 2 aromatic heterocycles. The van der Waals surface area contributed by atoms with Crippen molar-refractivity contribution in [3.05, 3.63) is 63.7 Å². The van der Waals surface area contributed by atoms with E-state index in [0.717, 1.165) is 10.1 Å². The summed E-state index contributed by atoms with van der Waals surface area (Å²) in [5, 5.41) is -0.0181. The van der Waals surface area contributed by atoms with Gasteiger partial charge in [-0.25, -0.2) is 14.2 Å². The minimum Gasteiger partial charge on any atom is -0.462 e. The third-order valence-corrected chi connectivity index (χ3v) is 4.97. The van der Waals surface area contributed by atoms with Crippen LogP contribution in [0.1, 0.15) is 41.6 Å². The molecule has 8 nitrogen and oxygen atoms in total. The lowest BCUT2D eigenvalue weighted by Gasteiger charge is -2.25. The maximum Gasteiger partial charge on any atom is 0.342 e. The van der Waals surface area contributed by atoms with Gasteiger partial charge in [-0.2, -0.15) is 0 Å². The first-order valence-electron chi connectivity index (χ1n) is 9.41. The van der Waals surface area contributed by atoms with Crippen LogP contribution in [0.3, 0.4) is 0 Å². The second-order valence-corrected chi connectivity index (χ2v) is 6.84. The van der Waals surface area contributed by atoms with Crippen molar-refractivity contribution in [1.82, 2.24) is 14.5 Å². The summed E-state index contributed by atoms with van der Waals surface area (Å²) in [4.78, 5) is 43.5. The van der Waals surface area contributed by atoms with E-state index < -0.39 is 11.5 Å². The van der Waals surface area contributed by atoms with Crippen molar-refractivity contribution < 1.29 is 23.1 Å². The number of esters is 1. The maximum absolute atomic E-state index is 13.1. The van der Waals surface area contributed by atoms with Crippen LogP contribution in [0.25, 0.3) is 11.1 Å². The molecule has 0 saturated heterocycles. The number of ether oxygens (including phenoxy) is 1. The van der Waals surface area contributed by atoms with Gasteiger partial charge in [0.1, 0.15) is 35.4 Å². The van der Waals surface area contributed by atoms with Crippen LogP contribution in [-0.4, -0.2) is 40.0 Å². The van der Waals surface area contributed by atoms with E-state index in [2.05, 4.69) is 4.98 Å². The predicted octanol–water partition coefficient (Wildman–Crippen LogP) is 2.83. The molecule has 0 aliphatic heterocycles. The fourth-order valence-electron chi connectivity index (χ4n) is 3.14. The van der Waals surface area contributed by atoms with E-state index in [9.17, 15) is 18.8 Å². The minimum absolute atomic E-state index is 0.0114. The van der Waals surface area contributed by atoms with Crippen LogP contribution in [0.5, 0.6) is 0 Å². The van der Waals surface area contributed by atoms with E-state index in [1.807, 2.05) is 0 Å². The molecule has 0 aliphatic carbocycles. The number of hydrogen-bond acceptors (Lipinski definition) is 6. The monoisotopic (exact) mass is 415 g/mol. The molecule has 3 aromatic rings. The number of halogens is 1. The number of carbonyl (C=O) groups excluding carboxylic acids is 2. The van der Waals surface area contributed by atoms with Gasteiger partial charge in [-0.3, -0.25) is 14.2 Å². The minimum atomic E-state index is -0.682. The van der Waals surface area contributed by atoms with Crippen LogP contribution in [-0.2, 0) is 16.1 Å². The first-order chi connectivity index (χ1) is 14.2. The highest BCUT2D eigenvalue weighted by atomic mass is 19.1. The van der Waals surface area contributed by atoms with E-state index in [4.69, 9.17) is 9.15 Å². The van der Waals surface area contributed by atoms with Crippen LogP contribution in [0.2, 0.25) is 0 Å². The van der Waals surface area contributed by atoms with Gasteiger partial charge in [0.15, 0.2) is 0 Å². The number of amides is 1. The zero-order valence-corrected chi connectivity index (χ0v) is 17.1. The third kappa shape index (κ3) is 3.96. The van der Waals surface area contributed by atoms with Gasteiger partial charge in [0.2, 0.25) is 11.6 Å². The van der Waals surface area contributed by atoms with Crippen molar-refractivity contribution in [2.75, 3.05) is 13.7 Å². The van der Waals surface area contributed by atoms with Gasteiger partial charge in [0.25, 0.3) is 5.56 Å². The summed E-state index contributed by atoms with van der Waals surface area (Å²) in [6.07, 6.45) is 1.21. The second-order valence-electron chi connectivity index (χ2n) is 6.84. The normalized spacial score (nSPS) is 12.0. The number of likely N-dealkylation sites (N-methyl/N-ethyl adjacent to an activating group) is 1. The molecule has 158 valence electrons. The number of nitrogens with zero attached hydrogens (tertiary/aromatic N) is 3. The lowest BCUT2D eigenvalue weighted by Crippen LogP contribution is -2.35. The molecule has 1 atom stereocenters. The fraction of sp³-hybridized carbons (Fsp3) is 0.333. The Labute approximate surface area is 171 Å². The van der Waals surface area contributed by atoms with Crippen molar-refractivity contribution in [3.63, 3.8) is 0 Å². The summed E-state index contributed by atoms with van der Waals surface area (Å²) in [6.45, 7) is 4.86. The Morgan fingerprint density at radius 2 is 1.97 bits per heavy atom. The van der Waals surface area contributed by atoms with Gasteiger partial charge in [-0.15, -0.1) is 0 Å². The van der Waals surface area contributed by atoms with Crippen molar-refractivity contribution in [3.8, 4) is 0 Å². The van der Waals surface area contributed by atoms with E-state index in [1.54, 1.807) is 40.0 Å². The second kappa shape index (κ2) is 8.48. The van der Waals surface area contributed by atoms with E-state index in [0.29, 0.717) is 0 Å². The predicted molar refractivity (Wildman–Crippen MR) is 107 cm³/mol. The van der Waals surface area contributed by atoms with E-state index in [-0.39, 0.29) is 53.3 Å². The zero-order chi connectivity index (χ0) is 22.0. The number of fused-ring (bicyclic) bond motifs is 1. The Hall–Kier alpha value is -3.49. The van der Waals surface area contributed by atoms with Gasteiger partial charge in [0.05, 0.1) is 12.6 Å². The average Bonchev–Trinajstić information content (AvgIpc) is 3.06. The molecule has 0 radical (unpaired) electrons. The summed E-state index contributed by atoms with van der Waals surface area (Å²) in [7, 11) is 1.60. The van der Waals surface area contributed by atoms with Gasteiger partial charge in [0, 0.05) is 7.05 Å². The Kier molecular flexibility index (Phi) is 6.00. The molecule has 0 aliphatic rings. The number of aryl methyl sites for hydroxylation is 1. The van der Waals surface area contributed by atoms with E-state index >= 15 is 0 Å². The molecule has 30 heavy (non-hydrogen) atoms. The number of aromatic nitrogens is 2. The highest BCUT2D eigenvalue weighted by molar-refractivity contribution is 6.03. The van der Waals surface area contributed by atoms with Crippen molar-refractivity contribution >= 4 is 23.0 Å². The summed E-state index contributed by atoms with van der Waals surface area (Å²) in [6, 6.07) is 5.51. The van der Waals surface area contributed by atoms with Crippen molar-refractivity contribution in [1.29, 1.82) is 0 Å². The number of carbonyl (C=O) groups is 2. The van der Waals surface area contributed by atoms with Crippen LogP contribution in [0.4, 0.5) is 4.39 Å². The Balaban J connectivity index is 1.89. The van der Waals surface area contributed by atoms with Crippen molar-refractivity contribution in [2.45, 2.75) is 33.4 Å². The Morgan fingerprint density at radius 3 is 2.60 bits per heavy atom. The molecule has 1 aromatic carbocycles. The first kappa shape index (κ1) is 21.2. The lowest BCUT2D eigenvalue weighted by atomic mass is 10.1. The molecule has 1 amide bonds. The molecule has 0 unspecified atom stereocenters. The van der Waals surface area contributed by atoms with Crippen LogP contribution < -0.4 is 5.56 Å². The summed E-state index contributed by atoms with van der Waals surface area (Å²) in [5.41, 5.74) is 0.204. The zero-order valence-electron chi connectivity index (χ0n) is 17.1. The maximum atomic E-state index is 13.1. The summed E-state index contributed by atoms with van der Waals surface area (Å²) >= 11 is 0. The summed E-state index contributed by atoms with van der Waals surface area (Å²) < 4.78 is 24.7. The van der Waals surface area contributed by atoms with Crippen LogP contribution >= 0.6 is 0 Å². The number of hydrogen-bond donors (Lipinski definition) is 0. The van der Waals surface area contributed by atoms with Gasteiger partial charge < -0.3 is 14.1 Å². The first-order valence-corrected chi connectivity index (χ1v) is 9.41. The van der Waals surface area contributed by atoms with Crippen molar-refractivity contribution in [2.24, 2.45) is 0 Å².